The fraction of sp³-hybridized carbons (Fsp3) is 0.438. The molecule has 0 radical (unpaired) electrons. The first-order chi connectivity index (χ1) is 10.5. The predicted molar refractivity (Wildman–Crippen MR) is 83.4 cm³/mol. The molecule has 1 aromatic carbocycles. The largest absolute Gasteiger partial charge is 0.351 e. The molecule has 2 unspecified atom stereocenters. The third-order valence-electron chi connectivity index (χ3n) is 4.25. The van der Waals surface area contributed by atoms with Gasteiger partial charge in [0.1, 0.15) is 0 Å². The molecule has 1 fully saturated rings. The molecule has 1 aromatic heterocycles. The van der Waals surface area contributed by atoms with Gasteiger partial charge >= 0.3 is 0 Å². The van der Waals surface area contributed by atoms with E-state index < -0.39 is 0 Å². The van der Waals surface area contributed by atoms with Crippen molar-refractivity contribution in [1.82, 2.24) is 20.0 Å². The summed E-state index contributed by atoms with van der Waals surface area (Å²) in [6, 6.07) is 7.72. The first kappa shape index (κ1) is 14.6. The Labute approximate surface area is 129 Å². The highest BCUT2D eigenvalue weighted by atomic mass is 16.2. The number of nitrogens with one attached hydrogen (secondary N) is 1. The van der Waals surface area contributed by atoms with Gasteiger partial charge in [-0.15, -0.1) is 0 Å². The van der Waals surface area contributed by atoms with Crippen molar-refractivity contribution in [3.63, 3.8) is 0 Å². The van der Waals surface area contributed by atoms with E-state index in [2.05, 4.69) is 10.4 Å². The topological polar surface area (TPSA) is 67.2 Å². The van der Waals surface area contributed by atoms with Crippen molar-refractivity contribution in [3.8, 4) is 0 Å². The molecule has 1 N–H and O–H groups in total. The Bertz CT molecular complexity index is 737. The number of fused-ring (bicyclic) bond motifs is 1. The molecule has 0 bridgehead atoms. The third-order valence-corrected chi connectivity index (χ3v) is 4.25. The van der Waals surface area contributed by atoms with E-state index in [1.54, 1.807) is 9.58 Å². The number of amides is 2. The normalized spacial score (nSPS) is 21.3. The molecule has 6 heteroatoms. The average molecular weight is 300 g/mol. The van der Waals surface area contributed by atoms with Crippen LogP contribution < -0.4 is 5.32 Å². The summed E-state index contributed by atoms with van der Waals surface area (Å²) >= 11 is 0. The van der Waals surface area contributed by atoms with E-state index in [0.717, 1.165) is 10.9 Å². The van der Waals surface area contributed by atoms with Gasteiger partial charge in [0, 0.05) is 32.4 Å². The Hall–Kier alpha value is -2.37. The first-order valence-corrected chi connectivity index (χ1v) is 7.45. The molecule has 2 heterocycles. The number of aryl methyl sites for hydroxylation is 1. The van der Waals surface area contributed by atoms with E-state index in [0.29, 0.717) is 18.8 Å². The monoisotopic (exact) mass is 300 g/mol. The maximum atomic E-state index is 12.8. The standard InChI is InChI=1S/C16H20N4O2/c1-10-8-20(9-13(10)17-11(2)21)16(22)15-12-6-4-5-7-14(12)19(3)18-15/h4-7,10,13H,8-9H2,1-3H3,(H,17,21). The minimum Gasteiger partial charge on any atom is -0.351 e. The van der Waals surface area contributed by atoms with Crippen LogP contribution in [0.5, 0.6) is 0 Å². The smallest absolute Gasteiger partial charge is 0.275 e. The molecule has 1 saturated heterocycles. The van der Waals surface area contributed by atoms with E-state index in [1.807, 2.05) is 38.2 Å². The Morgan fingerprint density at radius 2 is 2.00 bits per heavy atom. The summed E-state index contributed by atoms with van der Waals surface area (Å²) in [5, 5.41) is 8.16. The van der Waals surface area contributed by atoms with Gasteiger partial charge in [0.25, 0.3) is 5.91 Å². The van der Waals surface area contributed by atoms with Gasteiger partial charge in [-0.25, -0.2) is 0 Å². The highest BCUT2D eigenvalue weighted by Gasteiger charge is 2.34. The van der Waals surface area contributed by atoms with Crippen molar-refractivity contribution in [2.45, 2.75) is 19.9 Å². The molecular weight excluding hydrogens is 280 g/mol. The number of hydrogen-bond acceptors (Lipinski definition) is 3. The zero-order chi connectivity index (χ0) is 15.9. The molecule has 2 aromatic rings. The molecule has 1 aliphatic heterocycles. The molecule has 2 amide bonds. The summed E-state index contributed by atoms with van der Waals surface area (Å²) in [4.78, 5) is 25.8. The fourth-order valence-corrected chi connectivity index (χ4v) is 3.10. The lowest BCUT2D eigenvalue weighted by molar-refractivity contribution is -0.119. The van der Waals surface area contributed by atoms with Crippen LogP contribution in [0.1, 0.15) is 24.3 Å². The van der Waals surface area contributed by atoms with Gasteiger partial charge in [-0.05, 0) is 12.0 Å². The zero-order valence-corrected chi connectivity index (χ0v) is 13.0. The highest BCUT2D eigenvalue weighted by molar-refractivity contribution is 6.05. The van der Waals surface area contributed by atoms with Crippen molar-refractivity contribution in [2.24, 2.45) is 13.0 Å². The molecule has 1 aliphatic rings. The summed E-state index contributed by atoms with van der Waals surface area (Å²) < 4.78 is 1.73. The summed E-state index contributed by atoms with van der Waals surface area (Å²) in [7, 11) is 1.84. The maximum absolute atomic E-state index is 12.8. The highest BCUT2D eigenvalue weighted by Crippen LogP contribution is 2.23. The van der Waals surface area contributed by atoms with Crippen LogP contribution in [0.3, 0.4) is 0 Å². The van der Waals surface area contributed by atoms with Gasteiger partial charge in [-0.2, -0.15) is 5.10 Å². The number of carbonyl (C=O) groups excluding carboxylic acids is 2. The fourth-order valence-electron chi connectivity index (χ4n) is 3.10. The molecule has 2 atom stereocenters. The van der Waals surface area contributed by atoms with Crippen LogP contribution in [0.25, 0.3) is 10.9 Å². The number of benzene rings is 1. The lowest BCUT2D eigenvalue weighted by Gasteiger charge is -2.15. The van der Waals surface area contributed by atoms with Crippen LogP contribution in [0.2, 0.25) is 0 Å². The summed E-state index contributed by atoms with van der Waals surface area (Å²) in [5.41, 5.74) is 1.42. The molecule has 116 valence electrons. The summed E-state index contributed by atoms with van der Waals surface area (Å²) in [6.07, 6.45) is 0. The second kappa shape index (κ2) is 5.44. The average Bonchev–Trinajstić information content (AvgIpc) is 3.00. The number of carbonyl (C=O) groups is 2. The molecular formula is C16H20N4O2. The van der Waals surface area contributed by atoms with Crippen LogP contribution in [0.15, 0.2) is 24.3 Å². The van der Waals surface area contributed by atoms with Crippen LogP contribution in [0, 0.1) is 5.92 Å². The minimum absolute atomic E-state index is 0.0106. The van der Waals surface area contributed by atoms with Gasteiger partial charge in [0.05, 0.1) is 11.6 Å². The molecule has 0 spiro atoms. The number of likely N-dealkylation sites (tertiary alicyclic amines) is 1. The Morgan fingerprint density at radius 1 is 1.27 bits per heavy atom. The second-order valence-corrected chi connectivity index (χ2v) is 5.98. The Kier molecular flexibility index (Phi) is 3.60. The van der Waals surface area contributed by atoms with Gasteiger partial charge in [-0.3, -0.25) is 14.3 Å². The number of nitrogens with zero attached hydrogens (tertiary/aromatic N) is 3. The molecule has 3 rings (SSSR count). The Morgan fingerprint density at radius 3 is 2.73 bits per heavy atom. The Balaban J connectivity index is 1.86. The zero-order valence-electron chi connectivity index (χ0n) is 13.0. The minimum atomic E-state index is -0.0727. The number of rotatable bonds is 2. The summed E-state index contributed by atoms with van der Waals surface area (Å²) in [6.45, 7) is 4.72. The lowest BCUT2D eigenvalue weighted by Crippen LogP contribution is -2.39. The van der Waals surface area contributed by atoms with Crippen molar-refractivity contribution < 1.29 is 9.59 Å². The van der Waals surface area contributed by atoms with E-state index >= 15 is 0 Å². The quantitative estimate of drug-likeness (QED) is 0.905. The second-order valence-electron chi connectivity index (χ2n) is 5.98. The number of hydrogen-bond donors (Lipinski definition) is 1. The first-order valence-electron chi connectivity index (χ1n) is 7.45. The lowest BCUT2D eigenvalue weighted by atomic mass is 10.1. The van der Waals surface area contributed by atoms with Gasteiger partial charge in [0.2, 0.25) is 5.91 Å². The van der Waals surface area contributed by atoms with E-state index in [1.165, 1.54) is 6.92 Å². The third kappa shape index (κ3) is 2.45. The molecule has 6 nitrogen and oxygen atoms in total. The van der Waals surface area contributed by atoms with Gasteiger partial charge < -0.3 is 10.2 Å². The summed E-state index contributed by atoms with van der Waals surface area (Å²) in [5.74, 6) is 0.105. The number of aromatic nitrogens is 2. The maximum Gasteiger partial charge on any atom is 0.275 e. The van der Waals surface area contributed by atoms with Crippen LogP contribution in [0.4, 0.5) is 0 Å². The van der Waals surface area contributed by atoms with Crippen molar-refractivity contribution in [3.05, 3.63) is 30.0 Å². The van der Waals surface area contributed by atoms with Crippen LogP contribution >= 0.6 is 0 Å². The van der Waals surface area contributed by atoms with E-state index in [4.69, 9.17) is 0 Å². The van der Waals surface area contributed by atoms with Crippen molar-refractivity contribution >= 4 is 22.7 Å². The van der Waals surface area contributed by atoms with Crippen molar-refractivity contribution in [2.75, 3.05) is 13.1 Å². The molecule has 22 heavy (non-hydrogen) atoms. The molecule has 0 saturated carbocycles. The van der Waals surface area contributed by atoms with Crippen LogP contribution in [-0.4, -0.2) is 45.6 Å². The van der Waals surface area contributed by atoms with E-state index in [-0.39, 0.29) is 23.8 Å². The number of para-hydroxylation sites is 1. The SMILES string of the molecule is CC(=O)NC1CN(C(=O)c2nn(C)c3ccccc23)CC1C. The van der Waals surface area contributed by atoms with Gasteiger partial charge in [0.15, 0.2) is 5.69 Å². The molecule has 0 aliphatic carbocycles. The van der Waals surface area contributed by atoms with Gasteiger partial charge in [-0.1, -0.05) is 25.1 Å². The van der Waals surface area contributed by atoms with E-state index in [9.17, 15) is 9.59 Å². The van der Waals surface area contributed by atoms with Crippen LogP contribution in [-0.2, 0) is 11.8 Å². The predicted octanol–water partition coefficient (Wildman–Crippen LogP) is 1.17. The van der Waals surface area contributed by atoms with Crippen molar-refractivity contribution in [1.29, 1.82) is 0 Å².